The van der Waals surface area contributed by atoms with Gasteiger partial charge in [-0.15, -0.1) is 0 Å². The molecule has 2 fully saturated rings. The molecule has 0 amide bonds. The largest absolute Gasteiger partial charge is 0.489 e. The summed E-state index contributed by atoms with van der Waals surface area (Å²) in [7, 11) is 0. The predicted molar refractivity (Wildman–Crippen MR) is 135 cm³/mol. The van der Waals surface area contributed by atoms with E-state index in [9.17, 15) is 0 Å². The van der Waals surface area contributed by atoms with Crippen LogP contribution in [0, 0.1) is 0 Å². The van der Waals surface area contributed by atoms with Crippen molar-refractivity contribution in [1.82, 2.24) is 0 Å². The molecule has 3 aromatic carbocycles. The maximum Gasteiger partial charge on any atom is 0.122 e. The third kappa shape index (κ3) is 4.78. The second-order valence-corrected chi connectivity index (χ2v) is 9.31. The number of ether oxygens (including phenoxy) is 2. The highest BCUT2D eigenvalue weighted by atomic mass is 16.5. The van der Waals surface area contributed by atoms with Crippen LogP contribution in [0.1, 0.15) is 42.9 Å². The Balaban J connectivity index is 1.43. The minimum atomic E-state index is 0.152. The van der Waals surface area contributed by atoms with E-state index in [1.165, 1.54) is 34.4 Å². The standard InChI is InChI=1S/C29H34N2O2/c1-2-24-7-3-4-9-28(24)32-21-23-17-26(25-8-5-6-22(16-25)20-30)19-27(18-23)31-13-10-29(11-14-31)12-15-33-29/h3-9,16-19H,2,10-15,20-21,30H2,1H3. The van der Waals surface area contributed by atoms with Gasteiger partial charge in [0.1, 0.15) is 12.4 Å². The van der Waals surface area contributed by atoms with Crippen molar-refractivity contribution in [2.45, 2.75) is 51.4 Å². The third-order valence-corrected chi connectivity index (χ3v) is 7.23. The lowest BCUT2D eigenvalue weighted by Gasteiger charge is -2.48. The second-order valence-electron chi connectivity index (χ2n) is 9.31. The van der Waals surface area contributed by atoms with Crippen LogP contribution in [0.3, 0.4) is 0 Å². The molecule has 4 nitrogen and oxygen atoms in total. The van der Waals surface area contributed by atoms with Crippen molar-refractivity contribution in [3.05, 3.63) is 83.4 Å². The molecule has 0 unspecified atom stereocenters. The molecule has 0 saturated carbocycles. The molecule has 0 aliphatic carbocycles. The average molecular weight is 443 g/mol. The lowest BCUT2D eigenvalue weighted by atomic mass is 9.84. The van der Waals surface area contributed by atoms with Gasteiger partial charge in [-0.2, -0.15) is 0 Å². The van der Waals surface area contributed by atoms with Gasteiger partial charge in [-0.25, -0.2) is 0 Å². The molecule has 2 heterocycles. The Morgan fingerprint density at radius 3 is 2.42 bits per heavy atom. The molecule has 5 rings (SSSR count). The third-order valence-electron chi connectivity index (χ3n) is 7.23. The number of para-hydroxylation sites is 1. The van der Waals surface area contributed by atoms with Crippen LogP contribution in [-0.4, -0.2) is 25.3 Å². The maximum atomic E-state index is 6.29. The van der Waals surface area contributed by atoms with Gasteiger partial charge >= 0.3 is 0 Å². The van der Waals surface area contributed by atoms with Crippen LogP contribution in [0.15, 0.2) is 66.7 Å². The Labute approximate surface area is 197 Å². The number of aryl methyl sites for hydroxylation is 1. The van der Waals surface area contributed by atoms with Gasteiger partial charge in [-0.1, -0.05) is 43.3 Å². The molecule has 0 radical (unpaired) electrons. The molecule has 172 valence electrons. The summed E-state index contributed by atoms with van der Waals surface area (Å²) in [4.78, 5) is 2.51. The van der Waals surface area contributed by atoms with Gasteiger partial charge in [-0.05, 0) is 83.8 Å². The number of hydrogen-bond donors (Lipinski definition) is 1. The molecule has 33 heavy (non-hydrogen) atoms. The molecular formula is C29H34N2O2. The van der Waals surface area contributed by atoms with E-state index in [0.29, 0.717) is 13.2 Å². The van der Waals surface area contributed by atoms with Crippen LogP contribution in [0.5, 0.6) is 5.75 Å². The fraction of sp³-hybridized carbons (Fsp3) is 0.379. The summed E-state index contributed by atoms with van der Waals surface area (Å²) < 4.78 is 12.2. The number of rotatable bonds is 7. The monoisotopic (exact) mass is 442 g/mol. The number of hydrogen-bond acceptors (Lipinski definition) is 4. The molecule has 0 atom stereocenters. The summed E-state index contributed by atoms with van der Waals surface area (Å²) >= 11 is 0. The van der Waals surface area contributed by atoms with E-state index in [0.717, 1.165) is 50.3 Å². The molecule has 3 aromatic rings. The molecule has 2 saturated heterocycles. The molecule has 2 aliphatic heterocycles. The fourth-order valence-corrected chi connectivity index (χ4v) is 5.04. The number of nitrogens with two attached hydrogens (primary N) is 1. The van der Waals surface area contributed by atoms with E-state index < -0.39 is 0 Å². The molecule has 2 N–H and O–H groups in total. The van der Waals surface area contributed by atoms with E-state index in [1.807, 2.05) is 6.07 Å². The highest BCUT2D eigenvalue weighted by Gasteiger charge is 2.41. The molecule has 4 heteroatoms. The summed E-state index contributed by atoms with van der Waals surface area (Å²) in [6.45, 7) is 6.26. The maximum absolute atomic E-state index is 6.29. The van der Waals surface area contributed by atoms with Crippen molar-refractivity contribution in [3.8, 4) is 16.9 Å². The van der Waals surface area contributed by atoms with Crippen molar-refractivity contribution in [3.63, 3.8) is 0 Å². The molecule has 0 bridgehead atoms. The van der Waals surface area contributed by atoms with Crippen molar-refractivity contribution in [2.75, 3.05) is 24.6 Å². The van der Waals surface area contributed by atoms with E-state index >= 15 is 0 Å². The van der Waals surface area contributed by atoms with E-state index in [-0.39, 0.29) is 5.60 Å². The number of nitrogens with zero attached hydrogens (tertiary/aromatic N) is 1. The molecule has 2 aliphatic rings. The van der Waals surface area contributed by atoms with E-state index in [1.54, 1.807) is 0 Å². The average Bonchev–Trinajstić information content (AvgIpc) is 2.86. The highest BCUT2D eigenvalue weighted by molar-refractivity contribution is 5.70. The second kappa shape index (κ2) is 9.58. The summed E-state index contributed by atoms with van der Waals surface area (Å²) in [6.07, 6.45) is 4.39. The van der Waals surface area contributed by atoms with Crippen LogP contribution in [0.25, 0.3) is 11.1 Å². The van der Waals surface area contributed by atoms with Gasteiger partial charge in [0.15, 0.2) is 0 Å². The van der Waals surface area contributed by atoms with E-state index in [4.69, 9.17) is 15.2 Å². The lowest BCUT2D eigenvalue weighted by molar-refractivity contribution is -0.158. The summed E-state index contributed by atoms with van der Waals surface area (Å²) in [5.41, 5.74) is 13.3. The molecule has 1 spiro atoms. The minimum absolute atomic E-state index is 0.152. The number of piperidine rings is 1. The lowest BCUT2D eigenvalue weighted by Crippen LogP contribution is -2.52. The van der Waals surface area contributed by atoms with Gasteiger partial charge in [0, 0.05) is 25.3 Å². The van der Waals surface area contributed by atoms with Gasteiger partial charge in [-0.3, -0.25) is 0 Å². The first-order chi connectivity index (χ1) is 16.2. The van der Waals surface area contributed by atoms with Crippen LogP contribution in [0.2, 0.25) is 0 Å². The summed E-state index contributed by atoms with van der Waals surface area (Å²) in [5.74, 6) is 0.971. The Bertz CT molecular complexity index is 1100. The number of anilines is 1. The fourth-order valence-electron chi connectivity index (χ4n) is 5.04. The number of benzene rings is 3. The topological polar surface area (TPSA) is 47.7 Å². The van der Waals surface area contributed by atoms with Crippen LogP contribution < -0.4 is 15.4 Å². The minimum Gasteiger partial charge on any atom is -0.489 e. The first kappa shape index (κ1) is 22.0. The van der Waals surface area contributed by atoms with Crippen LogP contribution in [0.4, 0.5) is 5.69 Å². The van der Waals surface area contributed by atoms with Crippen LogP contribution in [-0.2, 0) is 24.3 Å². The van der Waals surface area contributed by atoms with Gasteiger partial charge in [0.25, 0.3) is 0 Å². The first-order valence-corrected chi connectivity index (χ1v) is 12.2. The Morgan fingerprint density at radius 2 is 1.70 bits per heavy atom. The molecular weight excluding hydrogens is 408 g/mol. The van der Waals surface area contributed by atoms with Crippen molar-refractivity contribution >= 4 is 5.69 Å². The quantitative estimate of drug-likeness (QED) is 0.509. The first-order valence-electron chi connectivity index (χ1n) is 12.2. The Hall–Kier alpha value is -2.82. The van der Waals surface area contributed by atoms with Crippen molar-refractivity contribution in [1.29, 1.82) is 0 Å². The zero-order valence-electron chi connectivity index (χ0n) is 19.6. The Morgan fingerprint density at radius 1 is 0.909 bits per heavy atom. The normalized spacial score (nSPS) is 17.1. The highest BCUT2D eigenvalue weighted by Crippen LogP contribution is 2.39. The SMILES string of the molecule is CCc1ccccc1OCc1cc(-c2cccc(CN)c2)cc(N2CCC3(CCO3)CC2)c1. The summed E-state index contributed by atoms with van der Waals surface area (Å²) in [6, 6.07) is 23.7. The smallest absolute Gasteiger partial charge is 0.122 e. The predicted octanol–water partition coefficient (Wildman–Crippen LogP) is 5.71. The zero-order chi connectivity index (χ0) is 22.7. The van der Waals surface area contributed by atoms with Crippen molar-refractivity contribution < 1.29 is 9.47 Å². The molecule has 0 aromatic heterocycles. The van der Waals surface area contributed by atoms with E-state index in [2.05, 4.69) is 72.5 Å². The zero-order valence-corrected chi connectivity index (χ0v) is 19.6. The summed E-state index contributed by atoms with van der Waals surface area (Å²) in [5, 5.41) is 0. The van der Waals surface area contributed by atoms with Crippen molar-refractivity contribution in [2.24, 2.45) is 5.73 Å². The Kier molecular flexibility index (Phi) is 6.39. The van der Waals surface area contributed by atoms with Gasteiger partial charge in [0.05, 0.1) is 12.2 Å². The van der Waals surface area contributed by atoms with Gasteiger partial charge < -0.3 is 20.1 Å². The van der Waals surface area contributed by atoms with Gasteiger partial charge in [0.2, 0.25) is 0 Å². The van der Waals surface area contributed by atoms with Crippen LogP contribution >= 0.6 is 0 Å².